The number of benzene rings is 1. The highest BCUT2D eigenvalue weighted by atomic mass is 32.2. The fourth-order valence-corrected chi connectivity index (χ4v) is 3.02. The number of allylic oxidation sites excluding steroid dienone is 3. The van der Waals surface area contributed by atoms with Crippen LogP contribution in [0.3, 0.4) is 0 Å². The Bertz CT molecular complexity index is 597. The van der Waals surface area contributed by atoms with Crippen molar-refractivity contribution < 1.29 is 0 Å². The third-order valence-corrected chi connectivity index (χ3v) is 4.01. The molecule has 0 radical (unpaired) electrons. The molecule has 2 aromatic rings. The molecular formula is C15H15N3S. The smallest absolute Gasteiger partial charge is 0.138 e. The van der Waals surface area contributed by atoms with Gasteiger partial charge in [-0.25, -0.2) is 9.67 Å². The van der Waals surface area contributed by atoms with Gasteiger partial charge >= 0.3 is 0 Å². The van der Waals surface area contributed by atoms with E-state index in [1.165, 1.54) is 9.80 Å². The van der Waals surface area contributed by atoms with Gasteiger partial charge in [0.25, 0.3) is 0 Å². The highest BCUT2D eigenvalue weighted by Crippen LogP contribution is 2.31. The summed E-state index contributed by atoms with van der Waals surface area (Å²) in [5.74, 6) is 0.641. The molecule has 1 aromatic heterocycles. The van der Waals surface area contributed by atoms with Crippen LogP contribution in [0.25, 0.3) is 5.69 Å². The molecule has 4 heteroatoms. The van der Waals surface area contributed by atoms with Crippen LogP contribution in [-0.2, 0) is 0 Å². The maximum atomic E-state index is 4.12. The molecule has 1 unspecified atom stereocenters. The number of aromatic nitrogens is 3. The molecule has 0 saturated heterocycles. The van der Waals surface area contributed by atoms with Gasteiger partial charge in [-0.1, -0.05) is 36.9 Å². The van der Waals surface area contributed by atoms with E-state index >= 15 is 0 Å². The molecule has 0 bridgehead atoms. The second kappa shape index (κ2) is 5.45. The predicted octanol–water partition coefficient (Wildman–Crippen LogP) is 3.84. The lowest BCUT2D eigenvalue weighted by molar-refractivity contribution is 0.735. The Morgan fingerprint density at radius 1 is 1.26 bits per heavy atom. The Morgan fingerprint density at radius 3 is 2.79 bits per heavy atom. The van der Waals surface area contributed by atoms with Crippen LogP contribution in [0.2, 0.25) is 0 Å². The largest absolute Gasteiger partial charge is 0.223 e. The lowest BCUT2D eigenvalue weighted by Gasteiger charge is -2.11. The first-order chi connectivity index (χ1) is 9.31. The second-order valence-corrected chi connectivity index (χ2v) is 5.77. The van der Waals surface area contributed by atoms with Crippen molar-refractivity contribution >= 4 is 11.8 Å². The van der Waals surface area contributed by atoms with Crippen LogP contribution in [0, 0.1) is 5.92 Å². The molecule has 0 aliphatic heterocycles. The van der Waals surface area contributed by atoms with Gasteiger partial charge in [0.2, 0.25) is 0 Å². The SMILES string of the molecule is CC1C=C(Sc2ccc(-n3cncn3)cc2)C=CC1. The summed E-state index contributed by atoms with van der Waals surface area (Å²) in [5.41, 5.74) is 1.03. The van der Waals surface area contributed by atoms with E-state index in [1.54, 1.807) is 29.1 Å². The molecule has 1 aromatic carbocycles. The van der Waals surface area contributed by atoms with Crippen molar-refractivity contribution in [3.05, 3.63) is 60.1 Å². The monoisotopic (exact) mass is 269 g/mol. The average molecular weight is 269 g/mol. The van der Waals surface area contributed by atoms with Crippen LogP contribution < -0.4 is 0 Å². The summed E-state index contributed by atoms with van der Waals surface area (Å²) in [5, 5.41) is 4.12. The summed E-state index contributed by atoms with van der Waals surface area (Å²) >= 11 is 1.80. The van der Waals surface area contributed by atoms with Gasteiger partial charge < -0.3 is 0 Å². The van der Waals surface area contributed by atoms with E-state index in [4.69, 9.17) is 0 Å². The predicted molar refractivity (Wildman–Crippen MR) is 78.2 cm³/mol. The molecular weight excluding hydrogens is 254 g/mol. The fourth-order valence-electron chi connectivity index (χ4n) is 2.02. The number of thioether (sulfide) groups is 1. The van der Waals surface area contributed by atoms with Crippen molar-refractivity contribution in [2.24, 2.45) is 5.92 Å². The Morgan fingerprint density at radius 2 is 2.11 bits per heavy atom. The molecule has 1 aliphatic carbocycles. The van der Waals surface area contributed by atoms with Crippen LogP contribution in [0.4, 0.5) is 0 Å². The van der Waals surface area contributed by atoms with Gasteiger partial charge in [-0.05, 0) is 36.6 Å². The zero-order valence-electron chi connectivity index (χ0n) is 10.7. The van der Waals surface area contributed by atoms with Crippen molar-refractivity contribution in [2.75, 3.05) is 0 Å². The van der Waals surface area contributed by atoms with Gasteiger partial charge in [0, 0.05) is 9.80 Å². The normalized spacial score (nSPS) is 18.4. The van der Waals surface area contributed by atoms with Crippen LogP contribution in [0.5, 0.6) is 0 Å². The molecule has 3 nitrogen and oxygen atoms in total. The van der Waals surface area contributed by atoms with Gasteiger partial charge in [0.15, 0.2) is 0 Å². The summed E-state index contributed by atoms with van der Waals surface area (Å²) in [7, 11) is 0. The van der Waals surface area contributed by atoms with Gasteiger partial charge in [0.1, 0.15) is 12.7 Å². The number of hydrogen-bond acceptors (Lipinski definition) is 3. The molecule has 0 N–H and O–H groups in total. The molecule has 1 heterocycles. The van der Waals surface area contributed by atoms with Gasteiger partial charge in [-0.3, -0.25) is 0 Å². The molecule has 0 amide bonds. The highest BCUT2D eigenvalue weighted by molar-refractivity contribution is 8.03. The Labute approximate surface area is 117 Å². The summed E-state index contributed by atoms with van der Waals surface area (Å²) < 4.78 is 1.76. The molecule has 0 spiro atoms. The van der Waals surface area contributed by atoms with Gasteiger partial charge in [-0.15, -0.1) is 0 Å². The number of hydrogen-bond donors (Lipinski definition) is 0. The minimum Gasteiger partial charge on any atom is -0.223 e. The van der Waals surface area contributed by atoms with Crippen LogP contribution >= 0.6 is 11.8 Å². The average Bonchev–Trinajstić information content (AvgIpc) is 2.94. The first-order valence-electron chi connectivity index (χ1n) is 6.32. The van der Waals surface area contributed by atoms with Crippen LogP contribution in [0.1, 0.15) is 13.3 Å². The van der Waals surface area contributed by atoms with Crippen molar-refractivity contribution in [1.82, 2.24) is 14.8 Å². The lowest BCUT2D eigenvalue weighted by atomic mass is 10.0. The molecule has 0 fully saturated rings. The summed E-state index contributed by atoms with van der Waals surface area (Å²) in [6.07, 6.45) is 11.2. The summed E-state index contributed by atoms with van der Waals surface area (Å²) in [6.45, 7) is 2.25. The zero-order chi connectivity index (χ0) is 13.1. The third kappa shape index (κ3) is 2.96. The van der Waals surface area contributed by atoms with E-state index in [2.05, 4.69) is 59.5 Å². The van der Waals surface area contributed by atoms with E-state index in [9.17, 15) is 0 Å². The fraction of sp³-hybridized carbons (Fsp3) is 0.200. The Balaban J connectivity index is 1.75. The van der Waals surface area contributed by atoms with E-state index in [-0.39, 0.29) is 0 Å². The molecule has 1 atom stereocenters. The number of nitrogens with zero attached hydrogens (tertiary/aromatic N) is 3. The standard InChI is InChI=1S/C15H15N3S/c1-12-3-2-4-15(9-12)19-14-7-5-13(6-8-14)18-11-16-10-17-18/h2,4-12H,3H2,1H3. The Kier molecular flexibility index (Phi) is 3.51. The van der Waals surface area contributed by atoms with Gasteiger partial charge in [-0.2, -0.15) is 5.10 Å². The van der Waals surface area contributed by atoms with Crippen molar-refractivity contribution in [2.45, 2.75) is 18.2 Å². The van der Waals surface area contributed by atoms with Crippen LogP contribution in [-0.4, -0.2) is 14.8 Å². The second-order valence-electron chi connectivity index (χ2n) is 4.62. The third-order valence-electron chi connectivity index (χ3n) is 2.99. The van der Waals surface area contributed by atoms with Crippen molar-refractivity contribution in [3.63, 3.8) is 0 Å². The van der Waals surface area contributed by atoms with Crippen molar-refractivity contribution in [1.29, 1.82) is 0 Å². The van der Waals surface area contributed by atoms with E-state index in [0.717, 1.165) is 12.1 Å². The lowest BCUT2D eigenvalue weighted by Crippen LogP contribution is -1.94. The van der Waals surface area contributed by atoms with Crippen LogP contribution in [0.15, 0.2) is 64.9 Å². The molecule has 96 valence electrons. The van der Waals surface area contributed by atoms with Crippen molar-refractivity contribution in [3.8, 4) is 5.69 Å². The maximum absolute atomic E-state index is 4.12. The quantitative estimate of drug-likeness (QED) is 0.848. The maximum Gasteiger partial charge on any atom is 0.138 e. The summed E-state index contributed by atoms with van der Waals surface area (Å²) in [6, 6.07) is 8.37. The van der Waals surface area contributed by atoms with E-state index < -0.39 is 0 Å². The molecule has 19 heavy (non-hydrogen) atoms. The highest BCUT2D eigenvalue weighted by Gasteiger charge is 2.06. The molecule has 1 aliphatic rings. The van der Waals surface area contributed by atoms with Gasteiger partial charge in [0.05, 0.1) is 5.69 Å². The Hall–Kier alpha value is -1.81. The topological polar surface area (TPSA) is 30.7 Å². The van der Waals surface area contributed by atoms with E-state index in [1.807, 2.05) is 0 Å². The first kappa shape index (κ1) is 12.2. The summed E-state index contributed by atoms with van der Waals surface area (Å²) in [4.78, 5) is 6.52. The molecule has 3 rings (SSSR count). The number of rotatable bonds is 3. The minimum absolute atomic E-state index is 0.641. The first-order valence-corrected chi connectivity index (χ1v) is 7.14. The van der Waals surface area contributed by atoms with E-state index in [0.29, 0.717) is 5.92 Å². The molecule has 0 saturated carbocycles. The minimum atomic E-state index is 0.641. The zero-order valence-corrected chi connectivity index (χ0v) is 11.5.